The van der Waals surface area contributed by atoms with Gasteiger partial charge in [-0.2, -0.15) is 0 Å². The first-order valence-corrected chi connectivity index (χ1v) is 12.0. The van der Waals surface area contributed by atoms with Crippen LogP contribution in [0, 0.1) is 5.92 Å². The second-order valence-corrected chi connectivity index (χ2v) is 9.45. The molecule has 166 valence electrons. The summed E-state index contributed by atoms with van der Waals surface area (Å²) in [5.41, 5.74) is 3.61. The molecule has 7 heteroatoms. The molecule has 2 atom stereocenters. The summed E-state index contributed by atoms with van der Waals surface area (Å²) in [7, 11) is 0. The van der Waals surface area contributed by atoms with Gasteiger partial charge in [-0.1, -0.05) is 63.7 Å². The first-order chi connectivity index (χ1) is 15.4. The SMILES string of the molecule is CCc1ccc(NC(=O)[C@H](CC)SC2=Nc3ccccc3C3=N[C@@H](C(C)C)C(=O)N23)cc1. The summed E-state index contributed by atoms with van der Waals surface area (Å²) < 4.78 is 0. The smallest absolute Gasteiger partial charge is 0.259 e. The van der Waals surface area contributed by atoms with E-state index in [9.17, 15) is 9.59 Å². The lowest BCUT2D eigenvalue weighted by molar-refractivity contribution is -0.125. The predicted molar refractivity (Wildman–Crippen MR) is 132 cm³/mol. The Balaban J connectivity index is 1.60. The third-order valence-corrected chi connectivity index (χ3v) is 6.99. The zero-order valence-corrected chi connectivity index (χ0v) is 19.6. The molecule has 0 bridgehead atoms. The van der Waals surface area contributed by atoms with Crippen molar-refractivity contribution >= 4 is 46.0 Å². The minimum atomic E-state index is -0.437. The third-order valence-electron chi connectivity index (χ3n) is 5.67. The number of thioether (sulfide) groups is 1. The number of para-hydroxylation sites is 1. The van der Waals surface area contributed by atoms with Crippen LogP contribution in [0.5, 0.6) is 0 Å². The number of benzene rings is 2. The molecule has 0 saturated heterocycles. The second kappa shape index (κ2) is 9.28. The Morgan fingerprint density at radius 1 is 1.12 bits per heavy atom. The van der Waals surface area contributed by atoms with Crippen LogP contribution in [0.25, 0.3) is 0 Å². The van der Waals surface area contributed by atoms with Crippen LogP contribution in [-0.2, 0) is 16.0 Å². The number of aliphatic imine (C=N–C) groups is 2. The van der Waals surface area contributed by atoms with Crippen LogP contribution < -0.4 is 5.32 Å². The molecule has 2 aliphatic heterocycles. The molecule has 2 aromatic carbocycles. The fraction of sp³-hybridized carbons (Fsp3) is 0.360. The summed E-state index contributed by atoms with van der Waals surface area (Å²) in [6.07, 6.45) is 1.56. The Morgan fingerprint density at radius 3 is 2.50 bits per heavy atom. The Kier molecular flexibility index (Phi) is 6.46. The van der Waals surface area contributed by atoms with Crippen LogP contribution in [0.1, 0.15) is 45.2 Å². The van der Waals surface area contributed by atoms with Crippen LogP contribution in [0.15, 0.2) is 58.5 Å². The molecule has 0 aromatic heterocycles. The highest BCUT2D eigenvalue weighted by Gasteiger charge is 2.43. The molecule has 4 rings (SSSR count). The van der Waals surface area contributed by atoms with E-state index in [0.717, 1.165) is 23.4 Å². The number of hydrogen-bond donors (Lipinski definition) is 1. The molecule has 0 unspecified atom stereocenters. The van der Waals surface area contributed by atoms with E-state index < -0.39 is 11.3 Å². The van der Waals surface area contributed by atoms with Gasteiger partial charge in [0.25, 0.3) is 5.91 Å². The Bertz CT molecular complexity index is 1090. The number of rotatable bonds is 6. The molecule has 0 fully saturated rings. The van der Waals surface area contributed by atoms with Crippen molar-refractivity contribution in [1.82, 2.24) is 4.90 Å². The number of carbonyl (C=O) groups excluding carboxylic acids is 2. The Hall–Kier alpha value is -2.93. The zero-order valence-electron chi connectivity index (χ0n) is 18.8. The van der Waals surface area contributed by atoms with Crippen LogP contribution in [0.3, 0.4) is 0 Å². The normalized spacial score (nSPS) is 18.1. The van der Waals surface area contributed by atoms with E-state index >= 15 is 0 Å². The van der Waals surface area contributed by atoms with Gasteiger partial charge < -0.3 is 5.32 Å². The van der Waals surface area contributed by atoms with Crippen LogP contribution in [-0.4, -0.2) is 39.0 Å². The van der Waals surface area contributed by atoms with Crippen LogP contribution >= 0.6 is 11.8 Å². The van der Waals surface area contributed by atoms with Crippen molar-refractivity contribution in [3.63, 3.8) is 0 Å². The van der Waals surface area contributed by atoms with Crippen molar-refractivity contribution in [2.24, 2.45) is 15.9 Å². The van der Waals surface area contributed by atoms with Crippen molar-refractivity contribution < 1.29 is 9.59 Å². The minimum absolute atomic E-state index is 0.0791. The summed E-state index contributed by atoms with van der Waals surface area (Å²) in [6, 6.07) is 15.1. The highest BCUT2D eigenvalue weighted by Crippen LogP contribution is 2.36. The number of aryl methyl sites for hydroxylation is 1. The maximum atomic E-state index is 13.2. The van der Waals surface area contributed by atoms with E-state index in [1.807, 2.05) is 69.3 Å². The molecule has 1 N–H and O–H groups in total. The van der Waals surface area contributed by atoms with E-state index in [4.69, 9.17) is 9.98 Å². The van der Waals surface area contributed by atoms with Crippen molar-refractivity contribution in [3.8, 4) is 0 Å². The van der Waals surface area contributed by atoms with Gasteiger partial charge in [-0.25, -0.2) is 9.89 Å². The summed E-state index contributed by atoms with van der Waals surface area (Å²) in [4.78, 5) is 37.4. The van der Waals surface area contributed by atoms with Crippen molar-refractivity contribution in [1.29, 1.82) is 0 Å². The second-order valence-electron chi connectivity index (χ2n) is 8.28. The largest absolute Gasteiger partial charge is 0.325 e. The standard InChI is InChI=1S/C25H28N4O2S/c1-5-16-11-13-17(14-12-16)26-23(30)20(6-2)32-25-27-19-10-8-7-9-18(19)22-28-21(15(3)4)24(31)29(22)25/h7-15,20-21H,5-6H2,1-4H3,(H,26,30)/t20-,21-/m0/s1. The summed E-state index contributed by atoms with van der Waals surface area (Å²) in [5.74, 6) is 0.526. The van der Waals surface area contributed by atoms with Gasteiger partial charge in [-0.05, 0) is 48.6 Å². The molecule has 2 heterocycles. The van der Waals surface area contributed by atoms with E-state index in [-0.39, 0.29) is 17.7 Å². The molecule has 2 aliphatic rings. The van der Waals surface area contributed by atoms with Gasteiger partial charge in [0.2, 0.25) is 5.91 Å². The molecular formula is C25H28N4O2S. The zero-order chi connectivity index (χ0) is 22.8. The number of fused-ring (bicyclic) bond motifs is 3. The van der Waals surface area contributed by atoms with Crippen molar-refractivity contribution in [2.75, 3.05) is 5.32 Å². The number of amides is 2. The van der Waals surface area contributed by atoms with Crippen LogP contribution in [0.4, 0.5) is 11.4 Å². The predicted octanol–water partition coefficient (Wildman–Crippen LogP) is 5.01. The van der Waals surface area contributed by atoms with E-state index in [0.29, 0.717) is 17.4 Å². The quantitative estimate of drug-likeness (QED) is 0.675. The number of nitrogens with one attached hydrogen (secondary N) is 1. The maximum Gasteiger partial charge on any atom is 0.259 e. The van der Waals surface area contributed by atoms with Crippen molar-refractivity contribution in [2.45, 2.75) is 51.8 Å². The average molecular weight is 449 g/mol. The first-order valence-electron chi connectivity index (χ1n) is 11.1. The number of amidine groups is 2. The lowest BCUT2D eigenvalue weighted by atomic mass is 10.1. The average Bonchev–Trinajstić information content (AvgIpc) is 3.16. The third kappa shape index (κ3) is 4.21. The highest BCUT2D eigenvalue weighted by molar-refractivity contribution is 8.15. The Morgan fingerprint density at radius 2 is 1.84 bits per heavy atom. The van der Waals surface area contributed by atoms with Gasteiger partial charge in [-0.15, -0.1) is 0 Å². The fourth-order valence-electron chi connectivity index (χ4n) is 3.78. The fourth-order valence-corrected chi connectivity index (χ4v) is 4.80. The maximum absolute atomic E-state index is 13.2. The van der Waals surface area contributed by atoms with Gasteiger partial charge in [0, 0.05) is 11.3 Å². The van der Waals surface area contributed by atoms with Gasteiger partial charge in [0.1, 0.15) is 11.9 Å². The molecule has 6 nitrogen and oxygen atoms in total. The van der Waals surface area contributed by atoms with E-state index in [2.05, 4.69) is 12.2 Å². The number of carbonyl (C=O) groups is 2. The van der Waals surface area contributed by atoms with Gasteiger partial charge in [0.15, 0.2) is 5.17 Å². The van der Waals surface area contributed by atoms with Crippen LogP contribution in [0.2, 0.25) is 0 Å². The van der Waals surface area contributed by atoms with E-state index in [1.165, 1.54) is 17.3 Å². The topological polar surface area (TPSA) is 74.1 Å². The van der Waals surface area contributed by atoms with Crippen molar-refractivity contribution in [3.05, 3.63) is 59.7 Å². The molecular weight excluding hydrogens is 420 g/mol. The van der Waals surface area contributed by atoms with Gasteiger partial charge in [0.05, 0.1) is 10.9 Å². The highest BCUT2D eigenvalue weighted by atomic mass is 32.2. The molecule has 2 amide bonds. The summed E-state index contributed by atoms with van der Waals surface area (Å²) in [5, 5.41) is 3.12. The number of hydrogen-bond acceptors (Lipinski definition) is 5. The summed E-state index contributed by atoms with van der Waals surface area (Å²) >= 11 is 1.32. The minimum Gasteiger partial charge on any atom is -0.325 e. The summed E-state index contributed by atoms with van der Waals surface area (Å²) in [6.45, 7) is 8.05. The number of nitrogens with zero attached hydrogens (tertiary/aromatic N) is 3. The van der Waals surface area contributed by atoms with Gasteiger partial charge in [-0.3, -0.25) is 14.6 Å². The van der Waals surface area contributed by atoms with E-state index in [1.54, 1.807) is 4.90 Å². The monoisotopic (exact) mass is 448 g/mol. The molecule has 0 radical (unpaired) electrons. The van der Waals surface area contributed by atoms with Gasteiger partial charge >= 0.3 is 0 Å². The Labute approximate surface area is 193 Å². The lowest BCUT2D eigenvalue weighted by Gasteiger charge is -2.27. The molecule has 32 heavy (non-hydrogen) atoms. The lowest BCUT2D eigenvalue weighted by Crippen LogP contribution is -2.43. The number of anilines is 1. The molecule has 0 spiro atoms. The first kappa shape index (κ1) is 22.3. The molecule has 0 saturated carbocycles. The molecule has 0 aliphatic carbocycles. The molecule has 2 aromatic rings.